The fourth-order valence-electron chi connectivity index (χ4n) is 4.14. The van der Waals surface area contributed by atoms with Crippen LogP contribution in [0, 0.1) is 0 Å². The first kappa shape index (κ1) is 21.1. The summed E-state index contributed by atoms with van der Waals surface area (Å²) in [5, 5.41) is 5.55. The van der Waals surface area contributed by atoms with Crippen molar-refractivity contribution in [3.8, 4) is 0 Å². The molecule has 4 heteroatoms. The lowest BCUT2D eigenvalue weighted by atomic mass is 10.1. The van der Waals surface area contributed by atoms with E-state index in [0.717, 1.165) is 56.5 Å². The molecule has 4 rings (SSSR count). The predicted octanol–water partition coefficient (Wildman–Crippen LogP) is 5.87. The number of aryl methyl sites for hydroxylation is 1. The Balaban J connectivity index is 1.44. The zero-order valence-corrected chi connectivity index (χ0v) is 18.3. The molecule has 0 aliphatic heterocycles. The molecule has 0 bridgehead atoms. The van der Waals surface area contributed by atoms with Gasteiger partial charge in [-0.2, -0.15) is 0 Å². The van der Waals surface area contributed by atoms with Crippen LogP contribution in [0.3, 0.4) is 0 Å². The van der Waals surface area contributed by atoms with Gasteiger partial charge >= 0.3 is 0 Å². The van der Waals surface area contributed by atoms with Crippen molar-refractivity contribution in [3.05, 3.63) is 78.1 Å². The van der Waals surface area contributed by atoms with Crippen LogP contribution in [-0.4, -0.2) is 22.0 Å². The molecule has 0 radical (unpaired) electrons. The summed E-state index contributed by atoms with van der Waals surface area (Å²) in [5.41, 5.74) is 3.55. The van der Waals surface area contributed by atoms with E-state index in [2.05, 4.69) is 76.6 Å². The second-order valence-electron chi connectivity index (χ2n) is 8.20. The summed E-state index contributed by atoms with van der Waals surface area (Å²) in [5.74, 6) is 1.31. The summed E-state index contributed by atoms with van der Waals surface area (Å²) in [6.45, 7) is 3.63. The lowest BCUT2D eigenvalue weighted by Crippen LogP contribution is -2.23. The average Bonchev–Trinajstić information content (AvgIpc) is 3.13. The standard InChI is InChI=1S/C27H31N3O/c1-2-10-27(31)28-18-9-3-4-15-26-29-24-13-7-8-14-25(24)30(26)20-21-16-17-22-11-5-6-12-23(22)19-21/h5-8,11-14,16-17,19H,2-4,9-10,15,18,20H2,1H3,(H,28,31). The number of hydrogen-bond donors (Lipinski definition) is 1. The maximum atomic E-state index is 11.6. The number of aromatic nitrogens is 2. The van der Waals surface area contributed by atoms with E-state index in [1.54, 1.807) is 0 Å². The third-order valence-electron chi connectivity index (χ3n) is 5.76. The molecule has 0 aliphatic rings. The van der Waals surface area contributed by atoms with Gasteiger partial charge in [0.2, 0.25) is 5.91 Å². The first-order chi connectivity index (χ1) is 15.2. The number of carbonyl (C=O) groups excluding carboxylic acids is 1. The van der Waals surface area contributed by atoms with Gasteiger partial charge in [0.25, 0.3) is 0 Å². The molecule has 4 nitrogen and oxygen atoms in total. The summed E-state index contributed by atoms with van der Waals surface area (Å²) >= 11 is 0. The van der Waals surface area contributed by atoms with Crippen LogP contribution in [0.5, 0.6) is 0 Å². The molecular formula is C27H31N3O. The van der Waals surface area contributed by atoms with Crippen molar-refractivity contribution in [3.63, 3.8) is 0 Å². The summed E-state index contributed by atoms with van der Waals surface area (Å²) in [7, 11) is 0. The topological polar surface area (TPSA) is 46.9 Å². The van der Waals surface area contributed by atoms with E-state index < -0.39 is 0 Å². The highest BCUT2D eigenvalue weighted by atomic mass is 16.1. The van der Waals surface area contributed by atoms with Crippen LogP contribution >= 0.6 is 0 Å². The SMILES string of the molecule is CCCC(=O)NCCCCCc1nc2ccccc2n1Cc1ccc2ccccc2c1. The molecule has 0 unspecified atom stereocenters. The van der Waals surface area contributed by atoms with E-state index in [1.165, 1.54) is 21.9 Å². The molecule has 31 heavy (non-hydrogen) atoms. The van der Waals surface area contributed by atoms with Crippen LogP contribution in [0.25, 0.3) is 21.8 Å². The summed E-state index contributed by atoms with van der Waals surface area (Å²) in [4.78, 5) is 16.5. The van der Waals surface area contributed by atoms with E-state index >= 15 is 0 Å². The summed E-state index contributed by atoms with van der Waals surface area (Å²) in [6, 6.07) is 23.6. The zero-order valence-electron chi connectivity index (χ0n) is 18.3. The molecule has 1 N–H and O–H groups in total. The predicted molar refractivity (Wildman–Crippen MR) is 128 cm³/mol. The summed E-state index contributed by atoms with van der Waals surface area (Å²) < 4.78 is 2.36. The monoisotopic (exact) mass is 413 g/mol. The maximum absolute atomic E-state index is 11.6. The highest BCUT2D eigenvalue weighted by molar-refractivity contribution is 5.83. The van der Waals surface area contributed by atoms with Gasteiger partial charge in [-0.15, -0.1) is 0 Å². The highest BCUT2D eigenvalue weighted by Gasteiger charge is 2.11. The van der Waals surface area contributed by atoms with Crippen LogP contribution in [-0.2, 0) is 17.8 Å². The van der Waals surface area contributed by atoms with Gasteiger partial charge < -0.3 is 9.88 Å². The zero-order chi connectivity index (χ0) is 21.5. The number of nitrogens with zero attached hydrogens (tertiary/aromatic N) is 2. The number of amides is 1. The molecule has 0 spiro atoms. The molecule has 0 atom stereocenters. The Bertz CT molecular complexity index is 1160. The Morgan fingerprint density at radius 2 is 1.74 bits per heavy atom. The maximum Gasteiger partial charge on any atom is 0.219 e. The fraction of sp³-hybridized carbons (Fsp3) is 0.333. The molecule has 1 heterocycles. The number of rotatable bonds is 10. The molecule has 0 fully saturated rings. The number of unbranched alkanes of at least 4 members (excludes halogenated alkanes) is 2. The van der Waals surface area contributed by atoms with Crippen molar-refractivity contribution >= 4 is 27.7 Å². The van der Waals surface area contributed by atoms with Crippen LogP contribution in [0.4, 0.5) is 0 Å². The summed E-state index contributed by atoms with van der Waals surface area (Å²) in [6.07, 6.45) is 5.65. The van der Waals surface area contributed by atoms with E-state index in [9.17, 15) is 4.79 Å². The van der Waals surface area contributed by atoms with Crippen molar-refractivity contribution < 1.29 is 4.79 Å². The number of fused-ring (bicyclic) bond motifs is 2. The Labute approximate surface area is 184 Å². The van der Waals surface area contributed by atoms with Gasteiger partial charge in [-0.25, -0.2) is 4.98 Å². The Morgan fingerprint density at radius 3 is 2.61 bits per heavy atom. The smallest absolute Gasteiger partial charge is 0.219 e. The number of nitrogens with one attached hydrogen (secondary N) is 1. The van der Waals surface area contributed by atoms with E-state index in [0.29, 0.717) is 6.42 Å². The van der Waals surface area contributed by atoms with Crippen LogP contribution in [0.15, 0.2) is 66.7 Å². The third-order valence-corrected chi connectivity index (χ3v) is 5.76. The van der Waals surface area contributed by atoms with Crippen LogP contribution in [0.1, 0.15) is 50.4 Å². The average molecular weight is 414 g/mol. The molecule has 0 saturated heterocycles. The Kier molecular flexibility index (Phi) is 6.98. The van der Waals surface area contributed by atoms with Gasteiger partial charge in [-0.05, 0) is 53.8 Å². The first-order valence-electron chi connectivity index (χ1n) is 11.4. The van der Waals surface area contributed by atoms with Crippen LogP contribution < -0.4 is 5.32 Å². The number of hydrogen-bond acceptors (Lipinski definition) is 2. The van der Waals surface area contributed by atoms with Gasteiger partial charge in [0, 0.05) is 25.9 Å². The second kappa shape index (κ2) is 10.3. The first-order valence-corrected chi connectivity index (χ1v) is 11.4. The van der Waals surface area contributed by atoms with Gasteiger partial charge in [0.05, 0.1) is 11.0 Å². The van der Waals surface area contributed by atoms with Crippen molar-refractivity contribution in [1.82, 2.24) is 14.9 Å². The third kappa shape index (κ3) is 5.32. The minimum Gasteiger partial charge on any atom is -0.356 e. The Morgan fingerprint density at radius 1 is 0.935 bits per heavy atom. The number of benzene rings is 3. The Hall–Kier alpha value is -3.14. The highest BCUT2D eigenvalue weighted by Crippen LogP contribution is 2.22. The largest absolute Gasteiger partial charge is 0.356 e. The number of carbonyl (C=O) groups is 1. The molecule has 4 aromatic rings. The molecule has 0 saturated carbocycles. The minimum absolute atomic E-state index is 0.166. The second-order valence-corrected chi connectivity index (χ2v) is 8.20. The van der Waals surface area contributed by atoms with Crippen molar-refractivity contribution in [2.75, 3.05) is 6.54 Å². The normalized spacial score (nSPS) is 11.3. The van der Waals surface area contributed by atoms with Gasteiger partial charge in [0.15, 0.2) is 0 Å². The molecule has 1 amide bonds. The van der Waals surface area contributed by atoms with Crippen LogP contribution in [0.2, 0.25) is 0 Å². The quantitative estimate of drug-likeness (QED) is 0.331. The number of imidazole rings is 1. The van der Waals surface area contributed by atoms with E-state index in [1.807, 2.05) is 6.92 Å². The lowest BCUT2D eigenvalue weighted by Gasteiger charge is -2.11. The fourth-order valence-corrected chi connectivity index (χ4v) is 4.14. The molecule has 3 aromatic carbocycles. The van der Waals surface area contributed by atoms with Crippen molar-refractivity contribution in [1.29, 1.82) is 0 Å². The van der Waals surface area contributed by atoms with Gasteiger partial charge in [-0.1, -0.05) is 61.9 Å². The van der Waals surface area contributed by atoms with Crippen molar-refractivity contribution in [2.24, 2.45) is 0 Å². The number of para-hydroxylation sites is 2. The van der Waals surface area contributed by atoms with Crippen molar-refractivity contribution in [2.45, 2.75) is 52.0 Å². The minimum atomic E-state index is 0.166. The molecule has 0 aliphatic carbocycles. The molecular weight excluding hydrogens is 382 g/mol. The molecule has 1 aromatic heterocycles. The lowest BCUT2D eigenvalue weighted by molar-refractivity contribution is -0.121. The van der Waals surface area contributed by atoms with Gasteiger partial charge in [0.1, 0.15) is 5.82 Å². The van der Waals surface area contributed by atoms with Gasteiger partial charge in [-0.3, -0.25) is 4.79 Å². The van der Waals surface area contributed by atoms with E-state index in [4.69, 9.17) is 4.98 Å². The molecule has 160 valence electrons. The van der Waals surface area contributed by atoms with E-state index in [-0.39, 0.29) is 5.91 Å².